The summed E-state index contributed by atoms with van der Waals surface area (Å²) in [5.41, 5.74) is 0.0142. The van der Waals surface area contributed by atoms with Gasteiger partial charge >= 0.3 is 6.09 Å². The second kappa shape index (κ2) is 9.38. The second-order valence-corrected chi connectivity index (χ2v) is 11.6. The molecule has 2 amide bonds. The normalized spacial score (nSPS) is 20.3. The Bertz CT molecular complexity index is 1470. The molecule has 1 N–H and O–H groups in total. The molecule has 0 radical (unpaired) electrons. The summed E-state index contributed by atoms with van der Waals surface area (Å²) in [5.74, 6) is 0.205. The van der Waals surface area contributed by atoms with E-state index in [1.54, 1.807) is 58.0 Å². The fraction of sp³-hybridized carbons (Fsp3) is 0.429. The lowest BCUT2D eigenvalue weighted by molar-refractivity contribution is -0.128. The Labute approximate surface area is 225 Å². The molecule has 10 heteroatoms. The van der Waals surface area contributed by atoms with Crippen molar-refractivity contribution < 1.29 is 18.7 Å². The van der Waals surface area contributed by atoms with Crippen LogP contribution in [0.1, 0.15) is 70.7 Å². The number of aliphatic imine (C=N–C) groups is 1. The molecule has 1 fully saturated rings. The monoisotopic (exact) mass is 539 g/mol. The Kier molecular flexibility index (Phi) is 6.46. The zero-order valence-electron chi connectivity index (χ0n) is 22.1. The third kappa shape index (κ3) is 4.75. The van der Waals surface area contributed by atoms with Gasteiger partial charge in [0.2, 0.25) is 11.9 Å². The molecule has 0 bridgehead atoms. The number of rotatable bonds is 3. The number of hydrogen-bond acceptors (Lipinski definition) is 5. The minimum atomic E-state index is -1.27. The lowest BCUT2D eigenvalue weighted by atomic mass is 9.84. The number of amides is 2. The van der Waals surface area contributed by atoms with E-state index in [9.17, 15) is 9.59 Å². The number of aromatic nitrogens is 2. The van der Waals surface area contributed by atoms with Crippen molar-refractivity contribution in [2.45, 2.75) is 70.4 Å². The molecular formula is C28H31ClFN5O3. The number of nitrogens with zero attached hydrogens (tertiary/aromatic N) is 4. The lowest BCUT2D eigenvalue weighted by Crippen LogP contribution is -2.52. The number of nitrogens with one attached hydrogen (secondary N) is 1. The van der Waals surface area contributed by atoms with Crippen LogP contribution in [0.4, 0.5) is 9.18 Å². The Hall–Kier alpha value is -3.46. The molecule has 1 aliphatic carbocycles. The maximum atomic E-state index is 16.5. The van der Waals surface area contributed by atoms with E-state index >= 15 is 4.39 Å². The van der Waals surface area contributed by atoms with Crippen molar-refractivity contribution in [3.8, 4) is 5.69 Å². The van der Waals surface area contributed by atoms with Crippen LogP contribution in [0.5, 0.6) is 0 Å². The molecule has 1 atom stereocenters. The third-order valence-electron chi connectivity index (χ3n) is 7.06. The summed E-state index contributed by atoms with van der Waals surface area (Å²) < 4.78 is 23.7. The molecule has 2 heterocycles. The standard InChI is InChI=1S/C28H31ClFN5O3/c1-27(2,3)38-26(37)32-25-33-28(4,15-22(36)34(25)5)18-10-7-11-20(23(18)30)35-21-14-17(29)12-13-19(21)31-24(35)16-8-6-9-16/h7,10-14,16H,6,8-9,15H2,1-5H3,(H,32,33,37)/t28-/m0/s1. The summed E-state index contributed by atoms with van der Waals surface area (Å²) in [5, 5.41) is 3.09. The molecule has 1 saturated carbocycles. The second-order valence-electron chi connectivity index (χ2n) is 11.2. The van der Waals surface area contributed by atoms with Gasteiger partial charge < -0.3 is 4.74 Å². The van der Waals surface area contributed by atoms with Gasteiger partial charge in [0.15, 0.2) is 5.82 Å². The van der Waals surface area contributed by atoms with Gasteiger partial charge in [0.25, 0.3) is 0 Å². The van der Waals surface area contributed by atoms with Gasteiger partial charge in [-0.3, -0.25) is 19.6 Å². The topological polar surface area (TPSA) is 88.8 Å². The summed E-state index contributed by atoms with van der Waals surface area (Å²) in [4.78, 5) is 36.2. The SMILES string of the molecule is CN1C(=O)C[C@@](C)(c2cccc(-n3c(C4CCC4)nc4ccc(Cl)cc43)c2F)N=C1NC(=O)OC(C)(C)C. The highest BCUT2D eigenvalue weighted by molar-refractivity contribution is 6.31. The first kappa shape index (κ1) is 26.2. The van der Waals surface area contributed by atoms with Crippen LogP contribution >= 0.6 is 11.6 Å². The number of imidazole rings is 1. The van der Waals surface area contributed by atoms with Gasteiger partial charge in [-0.25, -0.2) is 19.2 Å². The molecule has 1 aromatic heterocycles. The van der Waals surface area contributed by atoms with Crippen molar-refractivity contribution in [1.82, 2.24) is 19.8 Å². The molecule has 38 heavy (non-hydrogen) atoms. The number of carbonyl (C=O) groups excluding carboxylic acids is 2. The molecule has 2 aliphatic rings. The zero-order chi connectivity index (χ0) is 27.4. The van der Waals surface area contributed by atoms with Gasteiger partial charge in [-0.05, 0) is 64.8 Å². The predicted molar refractivity (Wildman–Crippen MR) is 144 cm³/mol. The minimum absolute atomic E-state index is 0.00202. The zero-order valence-corrected chi connectivity index (χ0v) is 22.9. The van der Waals surface area contributed by atoms with Crippen molar-refractivity contribution in [2.24, 2.45) is 4.99 Å². The summed E-state index contributed by atoms with van der Waals surface area (Å²) in [6, 6.07) is 10.5. The fourth-order valence-electron chi connectivity index (χ4n) is 4.91. The van der Waals surface area contributed by atoms with E-state index < -0.39 is 23.1 Å². The summed E-state index contributed by atoms with van der Waals surface area (Å²) in [7, 11) is 1.51. The van der Waals surface area contributed by atoms with Crippen molar-refractivity contribution >= 4 is 40.6 Å². The van der Waals surface area contributed by atoms with Crippen LogP contribution in [0.3, 0.4) is 0 Å². The van der Waals surface area contributed by atoms with E-state index in [-0.39, 0.29) is 29.8 Å². The maximum absolute atomic E-state index is 16.5. The number of fused-ring (bicyclic) bond motifs is 1. The highest BCUT2D eigenvalue weighted by Crippen LogP contribution is 2.41. The summed E-state index contributed by atoms with van der Waals surface area (Å²) >= 11 is 6.32. The average Bonchev–Trinajstić information content (AvgIpc) is 3.12. The Morgan fingerprint density at radius 2 is 1.97 bits per heavy atom. The predicted octanol–water partition coefficient (Wildman–Crippen LogP) is 6.04. The first-order chi connectivity index (χ1) is 17.9. The van der Waals surface area contributed by atoms with Crippen molar-refractivity contribution in [3.05, 3.63) is 58.6 Å². The van der Waals surface area contributed by atoms with Crippen LogP contribution in [-0.2, 0) is 15.1 Å². The van der Waals surface area contributed by atoms with E-state index in [1.807, 2.05) is 10.6 Å². The third-order valence-corrected chi connectivity index (χ3v) is 7.30. The van der Waals surface area contributed by atoms with Crippen molar-refractivity contribution in [1.29, 1.82) is 0 Å². The van der Waals surface area contributed by atoms with Crippen LogP contribution in [-0.4, -0.2) is 45.1 Å². The number of carbonyl (C=O) groups is 2. The molecular weight excluding hydrogens is 509 g/mol. The van der Waals surface area contributed by atoms with Crippen LogP contribution in [0.25, 0.3) is 16.7 Å². The molecule has 0 spiro atoms. The molecule has 0 unspecified atom stereocenters. The number of benzene rings is 2. The van der Waals surface area contributed by atoms with E-state index in [2.05, 4.69) is 10.3 Å². The van der Waals surface area contributed by atoms with E-state index in [4.69, 9.17) is 21.3 Å². The summed E-state index contributed by atoms with van der Waals surface area (Å²) in [6.07, 6.45) is 2.26. The highest BCUT2D eigenvalue weighted by atomic mass is 35.5. The Morgan fingerprint density at radius 1 is 1.24 bits per heavy atom. The van der Waals surface area contributed by atoms with Crippen molar-refractivity contribution in [3.63, 3.8) is 0 Å². The molecule has 1 aliphatic heterocycles. The van der Waals surface area contributed by atoms with Crippen molar-refractivity contribution in [2.75, 3.05) is 7.05 Å². The van der Waals surface area contributed by atoms with E-state index in [1.165, 1.54) is 11.9 Å². The van der Waals surface area contributed by atoms with Crippen LogP contribution < -0.4 is 5.32 Å². The fourth-order valence-corrected chi connectivity index (χ4v) is 5.08. The lowest BCUT2D eigenvalue weighted by Gasteiger charge is -2.35. The number of alkyl carbamates (subject to hydrolysis) is 1. The molecule has 8 nitrogen and oxygen atoms in total. The Morgan fingerprint density at radius 3 is 2.63 bits per heavy atom. The van der Waals surface area contributed by atoms with Gasteiger partial charge in [0, 0.05) is 23.6 Å². The smallest absolute Gasteiger partial charge is 0.414 e. The first-order valence-corrected chi connectivity index (χ1v) is 13.1. The van der Waals surface area contributed by atoms with Gasteiger partial charge in [-0.1, -0.05) is 30.2 Å². The molecule has 5 rings (SSSR count). The number of guanidine groups is 1. The van der Waals surface area contributed by atoms with Gasteiger partial charge in [0.1, 0.15) is 11.4 Å². The van der Waals surface area contributed by atoms with Crippen LogP contribution in [0.2, 0.25) is 5.02 Å². The largest absolute Gasteiger partial charge is 0.444 e. The van der Waals surface area contributed by atoms with Crippen LogP contribution in [0.15, 0.2) is 41.4 Å². The van der Waals surface area contributed by atoms with Gasteiger partial charge in [-0.2, -0.15) is 0 Å². The number of halogens is 2. The average molecular weight is 540 g/mol. The van der Waals surface area contributed by atoms with Gasteiger partial charge in [-0.15, -0.1) is 0 Å². The maximum Gasteiger partial charge on any atom is 0.414 e. The van der Waals surface area contributed by atoms with E-state index in [0.29, 0.717) is 10.7 Å². The highest BCUT2D eigenvalue weighted by Gasteiger charge is 2.40. The number of hydrogen-bond donors (Lipinski definition) is 1. The first-order valence-electron chi connectivity index (χ1n) is 12.7. The van der Waals surface area contributed by atoms with E-state index in [0.717, 1.165) is 36.1 Å². The molecule has 200 valence electrons. The summed E-state index contributed by atoms with van der Waals surface area (Å²) in [6.45, 7) is 6.90. The quantitative estimate of drug-likeness (QED) is 0.439. The number of ether oxygens (including phenoxy) is 1. The molecule has 0 saturated heterocycles. The Balaban J connectivity index is 1.61. The molecule has 3 aromatic rings. The van der Waals surface area contributed by atoms with Gasteiger partial charge in [0.05, 0.1) is 28.7 Å². The minimum Gasteiger partial charge on any atom is -0.444 e. The van der Waals surface area contributed by atoms with Crippen LogP contribution in [0, 0.1) is 5.82 Å². The molecule has 2 aromatic carbocycles.